The van der Waals surface area contributed by atoms with E-state index in [1.165, 1.54) is 4.90 Å². The van der Waals surface area contributed by atoms with Gasteiger partial charge in [-0.1, -0.05) is 24.3 Å². The number of nitrogens with one attached hydrogen (secondary N) is 1. The monoisotopic (exact) mass is 256 g/mol. The van der Waals surface area contributed by atoms with Crippen LogP contribution in [0.1, 0.15) is 10.5 Å². The molecule has 1 N–H and O–H groups in total. The van der Waals surface area contributed by atoms with Crippen molar-refractivity contribution in [2.24, 2.45) is 0 Å². The second-order valence-corrected chi connectivity index (χ2v) is 5.14. The molecule has 0 saturated carbocycles. The normalized spacial score (nSPS) is 16.8. The van der Waals surface area contributed by atoms with Gasteiger partial charge in [-0.2, -0.15) is 0 Å². The summed E-state index contributed by atoms with van der Waals surface area (Å²) < 4.78 is 0. The lowest BCUT2D eigenvalue weighted by molar-refractivity contribution is -0.883. The van der Waals surface area contributed by atoms with E-state index in [1.807, 2.05) is 41.3 Å². The molecule has 0 aliphatic carbocycles. The molecule has 1 aromatic carbocycles. The standard InChI is InChI=1S/C15H17N3O/c1-17-8-10-18(11-9-17)15(19)14-7-6-12-4-2-3-5-13(12)16-14/h2-7H,8-11H2,1H3/p+1. The Morgan fingerprint density at radius 3 is 2.68 bits per heavy atom. The number of pyridine rings is 1. The zero-order valence-corrected chi connectivity index (χ0v) is 11.1. The fourth-order valence-electron chi connectivity index (χ4n) is 2.44. The second kappa shape index (κ2) is 4.97. The van der Waals surface area contributed by atoms with Gasteiger partial charge in [0.2, 0.25) is 0 Å². The molecule has 1 saturated heterocycles. The maximum Gasteiger partial charge on any atom is 0.272 e. The lowest BCUT2D eigenvalue weighted by Gasteiger charge is -2.29. The first kappa shape index (κ1) is 12.1. The Labute approximate surface area is 112 Å². The maximum atomic E-state index is 12.4. The molecule has 0 unspecified atom stereocenters. The van der Waals surface area contributed by atoms with Gasteiger partial charge >= 0.3 is 0 Å². The van der Waals surface area contributed by atoms with Crippen molar-refractivity contribution in [3.63, 3.8) is 0 Å². The first-order chi connectivity index (χ1) is 9.24. The number of fused-ring (bicyclic) bond motifs is 1. The van der Waals surface area contributed by atoms with Crippen LogP contribution in [0.25, 0.3) is 10.9 Å². The van der Waals surface area contributed by atoms with Gasteiger partial charge in [0.15, 0.2) is 0 Å². The number of hydrogen-bond donors (Lipinski definition) is 1. The number of quaternary nitrogens is 1. The molecule has 19 heavy (non-hydrogen) atoms. The molecule has 0 atom stereocenters. The third-order valence-corrected chi connectivity index (χ3v) is 3.72. The van der Waals surface area contributed by atoms with Crippen molar-refractivity contribution in [2.75, 3.05) is 33.2 Å². The summed E-state index contributed by atoms with van der Waals surface area (Å²) in [5.41, 5.74) is 1.44. The minimum absolute atomic E-state index is 0.0539. The Bertz CT molecular complexity index is 603. The first-order valence-corrected chi connectivity index (χ1v) is 6.70. The molecule has 0 spiro atoms. The molecule has 0 bridgehead atoms. The molecule has 1 amide bonds. The van der Waals surface area contributed by atoms with Gasteiger partial charge in [0.05, 0.1) is 38.7 Å². The highest BCUT2D eigenvalue weighted by Gasteiger charge is 2.23. The second-order valence-electron chi connectivity index (χ2n) is 5.14. The summed E-state index contributed by atoms with van der Waals surface area (Å²) in [6.07, 6.45) is 0. The number of rotatable bonds is 1. The average molecular weight is 256 g/mol. The molecule has 4 nitrogen and oxygen atoms in total. The van der Waals surface area contributed by atoms with E-state index in [2.05, 4.69) is 12.0 Å². The SMILES string of the molecule is C[NH+]1CCN(C(=O)c2ccc3ccccc3n2)CC1. The van der Waals surface area contributed by atoms with Crippen LogP contribution in [0.15, 0.2) is 36.4 Å². The quantitative estimate of drug-likeness (QED) is 0.792. The molecule has 4 heteroatoms. The Kier molecular flexibility index (Phi) is 3.17. The van der Waals surface area contributed by atoms with Gasteiger partial charge in [0.25, 0.3) is 5.91 Å². The van der Waals surface area contributed by atoms with E-state index in [0.717, 1.165) is 37.1 Å². The molecular formula is C15H18N3O+. The van der Waals surface area contributed by atoms with Crippen molar-refractivity contribution >= 4 is 16.8 Å². The van der Waals surface area contributed by atoms with Gasteiger partial charge in [0.1, 0.15) is 5.69 Å². The molecule has 2 aromatic rings. The van der Waals surface area contributed by atoms with E-state index >= 15 is 0 Å². The third kappa shape index (κ3) is 2.44. The summed E-state index contributed by atoms with van der Waals surface area (Å²) in [4.78, 5) is 20.3. The Balaban J connectivity index is 1.85. The van der Waals surface area contributed by atoms with Gasteiger partial charge in [-0.05, 0) is 12.1 Å². The molecule has 1 fully saturated rings. The third-order valence-electron chi connectivity index (χ3n) is 3.72. The number of hydrogen-bond acceptors (Lipinski definition) is 2. The Hall–Kier alpha value is -1.94. The average Bonchev–Trinajstić information content (AvgIpc) is 2.47. The number of piperazine rings is 1. The van der Waals surface area contributed by atoms with Crippen molar-refractivity contribution < 1.29 is 9.69 Å². The molecule has 98 valence electrons. The highest BCUT2D eigenvalue weighted by atomic mass is 16.2. The largest absolute Gasteiger partial charge is 0.334 e. The number of amides is 1. The smallest absolute Gasteiger partial charge is 0.272 e. The Morgan fingerprint density at radius 1 is 1.16 bits per heavy atom. The summed E-state index contributed by atoms with van der Waals surface area (Å²) in [6.45, 7) is 3.66. The molecule has 0 radical (unpaired) electrons. The lowest BCUT2D eigenvalue weighted by atomic mass is 10.2. The van der Waals surface area contributed by atoms with Crippen LogP contribution in [-0.4, -0.2) is 49.0 Å². The van der Waals surface area contributed by atoms with Crippen LogP contribution in [0.5, 0.6) is 0 Å². The molecule has 1 aliphatic heterocycles. The van der Waals surface area contributed by atoms with Crippen LogP contribution in [-0.2, 0) is 0 Å². The summed E-state index contributed by atoms with van der Waals surface area (Å²) in [6, 6.07) is 11.7. The Morgan fingerprint density at radius 2 is 1.89 bits per heavy atom. The van der Waals surface area contributed by atoms with E-state index < -0.39 is 0 Å². The van der Waals surface area contributed by atoms with E-state index in [-0.39, 0.29) is 5.91 Å². The van der Waals surface area contributed by atoms with E-state index in [4.69, 9.17) is 0 Å². The summed E-state index contributed by atoms with van der Waals surface area (Å²) in [7, 11) is 2.16. The van der Waals surface area contributed by atoms with Gasteiger partial charge in [0, 0.05) is 5.39 Å². The number of para-hydroxylation sites is 1. The summed E-state index contributed by atoms with van der Waals surface area (Å²) >= 11 is 0. The number of carbonyl (C=O) groups is 1. The van der Waals surface area contributed by atoms with Crippen molar-refractivity contribution in [3.05, 3.63) is 42.1 Å². The van der Waals surface area contributed by atoms with Crippen molar-refractivity contribution in [1.82, 2.24) is 9.88 Å². The maximum absolute atomic E-state index is 12.4. The van der Waals surface area contributed by atoms with Crippen LogP contribution < -0.4 is 4.90 Å². The van der Waals surface area contributed by atoms with Crippen molar-refractivity contribution in [1.29, 1.82) is 0 Å². The fourth-order valence-corrected chi connectivity index (χ4v) is 2.44. The van der Waals surface area contributed by atoms with Crippen LogP contribution >= 0.6 is 0 Å². The highest BCUT2D eigenvalue weighted by Crippen LogP contribution is 2.13. The predicted molar refractivity (Wildman–Crippen MR) is 74.3 cm³/mol. The van der Waals surface area contributed by atoms with E-state index in [0.29, 0.717) is 5.69 Å². The number of benzene rings is 1. The number of likely N-dealkylation sites (N-methyl/N-ethyl adjacent to an activating group) is 1. The number of carbonyl (C=O) groups excluding carboxylic acids is 1. The summed E-state index contributed by atoms with van der Waals surface area (Å²) in [5.74, 6) is 0.0539. The van der Waals surface area contributed by atoms with Crippen molar-refractivity contribution in [3.8, 4) is 0 Å². The first-order valence-electron chi connectivity index (χ1n) is 6.70. The summed E-state index contributed by atoms with van der Waals surface area (Å²) in [5, 5.41) is 1.07. The van der Waals surface area contributed by atoms with Gasteiger partial charge < -0.3 is 9.80 Å². The predicted octanol–water partition coefficient (Wildman–Crippen LogP) is 0.205. The number of nitrogens with zero attached hydrogens (tertiary/aromatic N) is 2. The molecule has 2 heterocycles. The van der Waals surface area contributed by atoms with Gasteiger partial charge in [-0.25, -0.2) is 4.98 Å². The minimum Gasteiger partial charge on any atom is -0.334 e. The van der Waals surface area contributed by atoms with E-state index in [1.54, 1.807) is 0 Å². The van der Waals surface area contributed by atoms with Crippen molar-refractivity contribution in [2.45, 2.75) is 0 Å². The van der Waals surface area contributed by atoms with Crippen LogP contribution in [0.4, 0.5) is 0 Å². The zero-order chi connectivity index (χ0) is 13.2. The zero-order valence-electron chi connectivity index (χ0n) is 11.1. The highest BCUT2D eigenvalue weighted by molar-refractivity contribution is 5.94. The van der Waals surface area contributed by atoms with Crippen LogP contribution in [0.3, 0.4) is 0 Å². The fraction of sp³-hybridized carbons (Fsp3) is 0.333. The molecule has 1 aromatic heterocycles. The topological polar surface area (TPSA) is 37.6 Å². The molecular weight excluding hydrogens is 238 g/mol. The molecule has 1 aliphatic rings. The lowest BCUT2D eigenvalue weighted by Crippen LogP contribution is -3.12. The van der Waals surface area contributed by atoms with Gasteiger partial charge in [-0.15, -0.1) is 0 Å². The van der Waals surface area contributed by atoms with Crippen LogP contribution in [0.2, 0.25) is 0 Å². The van der Waals surface area contributed by atoms with E-state index in [9.17, 15) is 4.79 Å². The van der Waals surface area contributed by atoms with Crippen LogP contribution in [0, 0.1) is 0 Å². The molecule has 3 rings (SSSR count). The van der Waals surface area contributed by atoms with Gasteiger partial charge in [-0.3, -0.25) is 4.79 Å². The number of aromatic nitrogens is 1. The minimum atomic E-state index is 0.0539.